The third-order valence-electron chi connectivity index (χ3n) is 4.34. The van der Waals surface area contributed by atoms with Gasteiger partial charge in [-0.05, 0) is 44.7 Å². The standard InChI is InChI=1S/C18H29N5O.HI/c1-4-20-18(21-13-16-7-5-6-14(2)22-16)23-10-8-15(9-11-23)12-17(24)19-3;/h5-7,15H,4,8-13H2,1-3H3,(H,19,24)(H,20,21);1H. The molecule has 7 heteroatoms. The monoisotopic (exact) mass is 459 g/mol. The summed E-state index contributed by atoms with van der Waals surface area (Å²) in [5.74, 6) is 1.56. The number of aromatic nitrogens is 1. The predicted octanol–water partition coefficient (Wildman–Crippen LogP) is 2.32. The van der Waals surface area contributed by atoms with Crippen LogP contribution in [0.2, 0.25) is 0 Å². The van der Waals surface area contributed by atoms with E-state index < -0.39 is 0 Å². The number of amides is 1. The number of carbonyl (C=O) groups excluding carboxylic acids is 1. The van der Waals surface area contributed by atoms with E-state index in [2.05, 4.69) is 27.4 Å². The average molecular weight is 459 g/mol. The highest BCUT2D eigenvalue weighted by Crippen LogP contribution is 2.20. The zero-order valence-corrected chi connectivity index (χ0v) is 17.7. The predicted molar refractivity (Wildman–Crippen MR) is 112 cm³/mol. The summed E-state index contributed by atoms with van der Waals surface area (Å²) in [5.41, 5.74) is 2.00. The number of piperidine rings is 1. The fourth-order valence-electron chi connectivity index (χ4n) is 2.98. The van der Waals surface area contributed by atoms with Crippen molar-refractivity contribution in [3.8, 4) is 0 Å². The summed E-state index contributed by atoms with van der Waals surface area (Å²) in [6, 6.07) is 6.02. The summed E-state index contributed by atoms with van der Waals surface area (Å²) < 4.78 is 0. The second-order valence-electron chi connectivity index (χ2n) is 6.25. The highest BCUT2D eigenvalue weighted by atomic mass is 127. The zero-order chi connectivity index (χ0) is 17.4. The fourth-order valence-corrected chi connectivity index (χ4v) is 2.98. The molecule has 1 saturated heterocycles. The Morgan fingerprint density at radius 2 is 2.08 bits per heavy atom. The van der Waals surface area contributed by atoms with Crippen LogP contribution in [0.5, 0.6) is 0 Å². The number of carbonyl (C=O) groups is 1. The molecule has 2 heterocycles. The van der Waals surface area contributed by atoms with E-state index in [0.29, 0.717) is 18.9 Å². The number of aliphatic imine (C=N–C) groups is 1. The van der Waals surface area contributed by atoms with Gasteiger partial charge >= 0.3 is 0 Å². The Labute approximate surface area is 167 Å². The molecule has 0 saturated carbocycles. The number of halogens is 1. The maximum Gasteiger partial charge on any atom is 0.220 e. The number of rotatable bonds is 5. The van der Waals surface area contributed by atoms with E-state index in [1.807, 2.05) is 25.1 Å². The lowest BCUT2D eigenvalue weighted by Gasteiger charge is -2.34. The molecule has 1 aliphatic heterocycles. The Balaban J connectivity index is 0.00000312. The lowest BCUT2D eigenvalue weighted by atomic mass is 9.93. The van der Waals surface area contributed by atoms with Gasteiger partial charge in [0.15, 0.2) is 5.96 Å². The molecule has 0 atom stereocenters. The molecule has 0 unspecified atom stereocenters. The van der Waals surface area contributed by atoms with Crippen LogP contribution in [0.15, 0.2) is 23.2 Å². The number of hydrogen-bond donors (Lipinski definition) is 2. The van der Waals surface area contributed by atoms with Crippen molar-refractivity contribution in [2.24, 2.45) is 10.9 Å². The number of hydrogen-bond acceptors (Lipinski definition) is 3. The van der Waals surface area contributed by atoms with Gasteiger partial charge in [-0.3, -0.25) is 9.78 Å². The zero-order valence-electron chi connectivity index (χ0n) is 15.4. The van der Waals surface area contributed by atoms with Crippen molar-refractivity contribution in [2.75, 3.05) is 26.7 Å². The number of likely N-dealkylation sites (tertiary alicyclic amines) is 1. The van der Waals surface area contributed by atoms with Gasteiger partial charge < -0.3 is 15.5 Å². The van der Waals surface area contributed by atoms with E-state index in [1.54, 1.807) is 7.05 Å². The summed E-state index contributed by atoms with van der Waals surface area (Å²) in [6.07, 6.45) is 2.69. The molecule has 1 amide bonds. The molecule has 2 N–H and O–H groups in total. The third-order valence-corrected chi connectivity index (χ3v) is 4.34. The van der Waals surface area contributed by atoms with Crippen LogP contribution >= 0.6 is 24.0 Å². The van der Waals surface area contributed by atoms with Crippen molar-refractivity contribution in [3.63, 3.8) is 0 Å². The van der Waals surface area contributed by atoms with Crippen LogP contribution in [-0.2, 0) is 11.3 Å². The first-order valence-electron chi connectivity index (χ1n) is 8.78. The van der Waals surface area contributed by atoms with Crippen LogP contribution in [0.3, 0.4) is 0 Å². The van der Waals surface area contributed by atoms with Crippen molar-refractivity contribution in [1.29, 1.82) is 0 Å². The van der Waals surface area contributed by atoms with Crippen molar-refractivity contribution in [1.82, 2.24) is 20.5 Å². The van der Waals surface area contributed by atoms with Gasteiger partial charge in [-0.15, -0.1) is 24.0 Å². The topological polar surface area (TPSA) is 69.6 Å². The minimum absolute atomic E-state index is 0. The molecule has 1 fully saturated rings. The molecule has 1 aliphatic rings. The highest BCUT2D eigenvalue weighted by molar-refractivity contribution is 14.0. The van der Waals surface area contributed by atoms with Crippen molar-refractivity contribution in [2.45, 2.75) is 39.7 Å². The molecule has 0 radical (unpaired) electrons. The van der Waals surface area contributed by atoms with Gasteiger partial charge in [-0.1, -0.05) is 6.07 Å². The quantitative estimate of drug-likeness (QED) is 0.403. The highest BCUT2D eigenvalue weighted by Gasteiger charge is 2.23. The maximum absolute atomic E-state index is 11.5. The van der Waals surface area contributed by atoms with Crippen LogP contribution < -0.4 is 10.6 Å². The molecule has 0 aliphatic carbocycles. The number of aryl methyl sites for hydroxylation is 1. The first-order valence-corrected chi connectivity index (χ1v) is 8.78. The molecule has 0 bridgehead atoms. The molecule has 6 nitrogen and oxygen atoms in total. The molecule has 0 aromatic carbocycles. The lowest BCUT2D eigenvalue weighted by Crippen LogP contribution is -2.46. The minimum atomic E-state index is 0. The average Bonchev–Trinajstić information content (AvgIpc) is 2.59. The van der Waals surface area contributed by atoms with Gasteiger partial charge in [0, 0.05) is 38.8 Å². The van der Waals surface area contributed by atoms with Gasteiger partial charge in [-0.25, -0.2) is 4.99 Å². The van der Waals surface area contributed by atoms with E-state index >= 15 is 0 Å². The molecule has 1 aromatic heterocycles. The largest absolute Gasteiger partial charge is 0.359 e. The Morgan fingerprint density at radius 3 is 2.68 bits per heavy atom. The van der Waals surface area contributed by atoms with Crippen molar-refractivity contribution < 1.29 is 4.79 Å². The number of pyridine rings is 1. The van der Waals surface area contributed by atoms with Crippen LogP contribution in [-0.4, -0.2) is 48.4 Å². The Hall–Kier alpha value is -1.38. The Morgan fingerprint density at radius 1 is 1.36 bits per heavy atom. The first kappa shape index (κ1) is 21.7. The maximum atomic E-state index is 11.5. The summed E-state index contributed by atoms with van der Waals surface area (Å²) in [5, 5.41) is 6.09. The van der Waals surface area contributed by atoms with Crippen molar-refractivity contribution in [3.05, 3.63) is 29.6 Å². The first-order chi connectivity index (χ1) is 11.6. The van der Waals surface area contributed by atoms with E-state index in [4.69, 9.17) is 4.99 Å². The number of nitrogens with one attached hydrogen (secondary N) is 2. The molecule has 2 rings (SSSR count). The second-order valence-corrected chi connectivity index (χ2v) is 6.25. The number of guanidine groups is 1. The molecule has 0 spiro atoms. The van der Waals surface area contributed by atoms with Crippen LogP contribution in [0.25, 0.3) is 0 Å². The van der Waals surface area contributed by atoms with Crippen LogP contribution in [0.4, 0.5) is 0 Å². The summed E-state index contributed by atoms with van der Waals surface area (Å²) in [7, 11) is 1.70. The van der Waals surface area contributed by atoms with Gasteiger partial charge in [0.2, 0.25) is 5.91 Å². The lowest BCUT2D eigenvalue weighted by molar-refractivity contribution is -0.121. The van der Waals surface area contributed by atoms with E-state index in [0.717, 1.165) is 49.8 Å². The smallest absolute Gasteiger partial charge is 0.220 e. The minimum Gasteiger partial charge on any atom is -0.359 e. The molecule has 25 heavy (non-hydrogen) atoms. The van der Waals surface area contributed by atoms with E-state index in [1.165, 1.54) is 0 Å². The molecular formula is C18H30IN5O. The Kier molecular flexibility index (Phi) is 9.77. The van der Waals surface area contributed by atoms with Crippen LogP contribution in [0, 0.1) is 12.8 Å². The summed E-state index contributed by atoms with van der Waals surface area (Å²) in [6.45, 7) is 7.39. The van der Waals surface area contributed by atoms with Gasteiger partial charge in [-0.2, -0.15) is 0 Å². The fraction of sp³-hybridized carbons (Fsp3) is 0.611. The normalized spacial score (nSPS) is 15.5. The van der Waals surface area contributed by atoms with Gasteiger partial charge in [0.25, 0.3) is 0 Å². The number of nitrogens with zero attached hydrogens (tertiary/aromatic N) is 3. The van der Waals surface area contributed by atoms with Gasteiger partial charge in [0.05, 0.1) is 12.2 Å². The third kappa shape index (κ3) is 7.17. The van der Waals surface area contributed by atoms with Gasteiger partial charge in [0.1, 0.15) is 0 Å². The molecule has 140 valence electrons. The summed E-state index contributed by atoms with van der Waals surface area (Å²) in [4.78, 5) is 23.1. The van der Waals surface area contributed by atoms with E-state index in [-0.39, 0.29) is 29.9 Å². The summed E-state index contributed by atoms with van der Waals surface area (Å²) >= 11 is 0. The molecular weight excluding hydrogens is 429 g/mol. The van der Waals surface area contributed by atoms with E-state index in [9.17, 15) is 4.79 Å². The molecule has 1 aromatic rings. The second kappa shape index (κ2) is 11.3. The van der Waals surface area contributed by atoms with Crippen LogP contribution in [0.1, 0.15) is 37.6 Å². The Bertz CT molecular complexity index is 570. The SMILES string of the molecule is CCNC(=NCc1cccc(C)n1)N1CCC(CC(=O)NC)CC1.I. The van der Waals surface area contributed by atoms with Crippen molar-refractivity contribution >= 4 is 35.8 Å².